The van der Waals surface area contributed by atoms with Gasteiger partial charge in [0.25, 0.3) is 0 Å². The predicted octanol–water partition coefficient (Wildman–Crippen LogP) is 3.63. The van der Waals surface area contributed by atoms with Crippen LogP contribution in [0.15, 0.2) is 24.8 Å². The molecule has 0 aromatic heterocycles. The molecule has 2 nitrogen and oxygen atoms in total. The zero-order chi connectivity index (χ0) is 13.9. The minimum atomic E-state index is -0.733. The number of rotatable bonds is 3. The first-order valence-electron chi connectivity index (χ1n) is 5.59. The van der Waals surface area contributed by atoms with Crippen LogP contribution in [0.3, 0.4) is 0 Å². The second-order valence-corrected chi connectivity index (χ2v) is 4.97. The third-order valence-electron chi connectivity index (χ3n) is 2.54. The Morgan fingerprint density at radius 1 is 1.33 bits per heavy atom. The molecule has 0 aliphatic rings. The van der Waals surface area contributed by atoms with Crippen molar-refractivity contribution in [3.05, 3.63) is 42.0 Å². The monoisotopic (exact) mass is 250 g/mol. The van der Waals surface area contributed by atoms with Crippen LogP contribution in [0.25, 0.3) is 0 Å². The number of hydrogen-bond acceptors (Lipinski definition) is 2. The fraction of sp³-hybridized carbons (Fsp3) is 0.357. The number of benzene rings is 1. The van der Waals surface area contributed by atoms with Crippen molar-refractivity contribution >= 4 is 5.69 Å². The molecule has 18 heavy (non-hydrogen) atoms. The third kappa shape index (κ3) is 2.86. The summed E-state index contributed by atoms with van der Waals surface area (Å²) in [4.78, 5) is 1.58. The average Bonchev–Trinajstić information content (AvgIpc) is 2.25. The predicted molar refractivity (Wildman–Crippen MR) is 68.4 cm³/mol. The maximum atomic E-state index is 13.9. The van der Waals surface area contributed by atoms with Crippen LogP contribution in [0.4, 0.5) is 14.5 Å². The molecule has 0 aliphatic carbocycles. The molecule has 0 saturated heterocycles. The summed E-state index contributed by atoms with van der Waals surface area (Å²) in [5.74, 6) is -1.47. The van der Waals surface area contributed by atoms with Crippen molar-refractivity contribution in [1.29, 1.82) is 5.26 Å². The Morgan fingerprint density at radius 3 is 2.17 bits per heavy atom. The fourth-order valence-electron chi connectivity index (χ4n) is 1.72. The number of halogens is 2. The summed E-state index contributed by atoms with van der Waals surface area (Å²) < 4.78 is 27.9. The molecule has 1 aromatic rings. The Kier molecular flexibility index (Phi) is 4.07. The molecular weight excluding hydrogens is 234 g/mol. The molecule has 0 bridgehead atoms. The lowest BCUT2D eigenvalue weighted by Crippen LogP contribution is -2.42. The quantitative estimate of drug-likeness (QED) is 0.766. The highest BCUT2D eigenvalue weighted by Gasteiger charge is 2.26. The molecule has 0 amide bonds. The van der Waals surface area contributed by atoms with E-state index >= 15 is 0 Å². The van der Waals surface area contributed by atoms with E-state index in [-0.39, 0.29) is 11.3 Å². The summed E-state index contributed by atoms with van der Waals surface area (Å²) in [6.07, 6.45) is 1.59. The van der Waals surface area contributed by atoms with E-state index in [0.29, 0.717) is 6.54 Å². The molecule has 4 heteroatoms. The second kappa shape index (κ2) is 5.18. The molecule has 0 aliphatic heterocycles. The summed E-state index contributed by atoms with van der Waals surface area (Å²) in [5.41, 5.74) is -0.605. The Bertz CT molecular complexity index is 472. The molecular formula is C14H16F2N2. The standard InChI is InChI=1S/C14H16F2N2/c1-5-6-18(14(2,3)4)13-11(15)7-10(9-17)8-12(13)16/h5,7-8H,1,6H2,2-4H3. The highest BCUT2D eigenvalue weighted by molar-refractivity contribution is 5.54. The Labute approximate surface area is 106 Å². The largest absolute Gasteiger partial charge is 0.358 e. The lowest BCUT2D eigenvalue weighted by atomic mass is 10.0. The van der Waals surface area contributed by atoms with Crippen LogP contribution in [0.1, 0.15) is 26.3 Å². The van der Waals surface area contributed by atoms with Gasteiger partial charge in [0, 0.05) is 12.1 Å². The van der Waals surface area contributed by atoms with Gasteiger partial charge in [-0.05, 0) is 32.9 Å². The van der Waals surface area contributed by atoms with Gasteiger partial charge in [-0.1, -0.05) is 6.08 Å². The average molecular weight is 250 g/mol. The lowest BCUT2D eigenvalue weighted by molar-refractivity contribution is 0.488. The van der Waals surface area contributed by atoms with Crippen molar-refractivity contribution in [1.82, 2.24) is 0 Å². The summed E-state index contributed by atoms with van der Waals surface area (Å²) in [6.45, 7) is 9.48. The molecule has 1 aromatic carbocycles. The molecule has 0 spiro atoms. The first-order valence-corrected chi connectivity index (χ1v) is 5.59. The van der Waals surface area contributed by atoms with Gasteiger partial charge in [-0.15, -0.1) is 6.58 Å². The molecule has 0 unspecified atom stereocenters. The van der Waals surface area contributed by atoms with Gasteiger partial charge in [0.1, 0.15) is 5.69 Å². The van der Waals surface area contributed by atoms with Crippen LogP contribution >= 0.6 is 0 Å². The first kappa shape index (κ1) is 14.2. The molecule has 0 radical (unpaired) electrons. The fourth-order valence-corrected chi connectivity index (χ4v) is 1.72. The highest BCUT2D eigenvalue weighted by atomic mass is 19.1. The summed E-state index contributed by atoms with van der Waals surface area (Å²) >= 11 is 0. The van der Waals surface area contributed by atoms with E-state index in [4.69, 9.17) is 5.26 Å². The van der Waals surface area contributed by atoms with Crippen LogP contribution in [0.2, 0.25) is 0 Å². The van der Waals surface area contributed by atoms with Gasteiger partial charge >= 0.3 is 0 Å². The van der Waals surface area contributed by atoms with Gasteiger partial charge < -0.3 is 4.90 Å². The number of nitrogens with zero attached hydrogens (tertiary/aromatic N) is 2. The molecule has 96 valence electrons. The second-order valence-electron chi connectivity index (χ2n) is 4.97. The van der Waals surface area contributed by atoms with Crippen LogP contribution < -0.4 is 4.90 Å². The van der Waals surface area contributed by atoms with Crippen molar-refractivity contribution in [2.24, 2.45) is 0 Å². The van der Waals surface area contributed by atoms with Gasteiger partial charge in [0.2, 0.25) is 0 Å². The summed E-state index contributed by atoms with van der Waals surface area (Å²) in [7, 11) is 0. The lowest BCUT2D eigenvalue weighted by Gasteiger charge is -2.37. The van der Waals surface area contributed by atoms with E-state index in [9.17, 15) is 8.78 Å². The van der Waals surface area contributed by atoms with Crippen LogP contribution in [0.5, 0.6) is 0 Å². The number of anilines is 1. The van der Waals surface area contributed by atoms with Gasteiger partial charge in [-0.25, -0.2) is 8.78 Å². The summed E-state index contributed by atoms with van der Waals surface area (Å²) in [5, 5.41) is 8.67. The van der Waals surface area contributed by atoms with E-state index in [1.54, 1.807) is 17.0 Å². The summed E-state index contributed by atoms with van der Waals surface area (Å²) in [6, 6.07) is 3.81. The first-order chi connectivity index (χ1) is 8.31. The van der Waals surface area contributed by atoms with Crippen molar-refractivity contribution in [3.8, 4) is 6.07 Å². The van der Waals surface area contributed by atoms with E-state index in [1.165, 1.54) is 0 Å². The number of hydrogen-bond donors (Lipinski definition) is 0. The van der Waals surface area contributed by atoms with Crippen molar-refractivity contribution < 1.29 is 8.78 Å². The SMILES string of the molecule is C=CCN(c1c(F)cc(C#N)cc1F)C(C)(C)C. The van der Waals surface area contributed by atoms with E-state index in [2.05, 4.69) is 6.58 Å². The molecule has 1 rings (SSSR count). The van der Waals surface area contributed by atoms with Crippen LogP contribution in [-0.2, 0) is 0 Å². The zero-order valence-corrected chi connectivity index (χ0v) is 10.8. The Balaban J connectivity index is 3.38. The maximum absolute atomic E-state index is 13.9. The van der Waals surface area contributed by atoms with Gasteiger partial charge in [-0.3, -0.25) is 0 Å². The minimum Gasteiger partial charge on any atom is -0.358 e. The molecule has 0 N–H and O–H groups in total. The van der Waals surface area contributed by atoms with Crippen molar-refractivity contribution in [3.63, 3.8) is 0 Å². The highest BCUT2D eigenvalue weighted by Crippen LogP contribution is 2.30. The van der Waals surface area contributed by atoms with Gasteiger partial charge in [0.15, 0.2) is 11.6 Å². The molecule has 0 heterocycles. The topological polar surface area (TPSA) is 27.0 Å². The van der Waals surface area contributed by atoms with Crippen molar-refractivity contribution in [2.75, 3.05) is 11.4 Å². The maximum Gasteiger partial charge on any atom is 0.150 e. The van der Waals surface area contributed by atoms with Gasteiger partial charge in [-0.2, -0.15) is 5.26 Å². The van der Waals surface area contributed by atoms with Crippen molar-refractivity contribution in [2.45, 2.75) is 26.3 Å². The molecule has 0 fully saturated rings. The zero-order valence-electron chi connectivity index (χ0n) is 10.8. The Morgan fingerprint density at radius 2 is 1.83 bits per heavy atom. The molecule has 0 saturated carbocycles. The van der Waals surface area contributed by atoms with E-state index in [1.807, 2.05) is 20.8 Å². The number of nitriles is 1. The normalized spacial score (nSPS) is 10.9. The van der Waals surface area contributed by atoms with Gasteiger partial charge in [0.05, 0.1) is 11.6 Å². The smallest absolute Gasteiger partial charge is 0.150 e. The van der Waals surface area contributed by atoms with Crippen LogP contribution in [0, 0.1) is 23.0 Å². The van der Waals surface area contributed by atoms with Crippen LogP contribution in [-0.4, -0.2) is 12.1 Å². The molecule has 0 atom stereocenters. The van der Waals surface area contributed by atoms with E-state index < -0.39 is 17.2 Å². The Hall–Kier alpha value is -1.89. The minimum absolute atomic E-state index is 0.0267. The van der Waals surface area contributed by atoms with E-state index in [0.717, 1.165) is 12.1 Å². The third-order valence-corrected chi connectivity index (χ3v) is 2.54.